The van der Waals surface area contributed by atoms with Crippen LogP contribution in [0.15, 0.2) is 24.2 Å². The number of nitrogens with zero attached hydrogens (tertiary/aromatic N) is 2. The number of aliphatic hydroxyl groups is 2. The smallest absolute Gasteiger partial charge is 0.331 e. The number of carbonyl (C=O) groups is 4. The summed E-state index contributed by atoms with van der Waals surface area (Å²) in [6, 6.07) is -1.14. The van der Waals surface area contributed by atoms with Crippen LogP contribution in [0.1, 0.15) is 66.0 Å². The molecule has 13 nitrogen and oxygen atoms in total. The predicted octanol–water partition coefficient (Wildman–Crippen LogP) is 1.41. The fourth-order valence-corrected chi connectivity index (χ4v) is 10.8. The second-order valence-electron chi connectivity index (χ2n) is 15.9. The molecule has 2 amide bonds. The van der Waals surface area contributed by atoms with Crippen LogP contribution in [0, 0.1) is 53.3 Å². The third-order valence-electron chi connectivity index (χ3n) is 13.2. The first-order valence-electron chi connectivity index (χ1n) is 17.8. The summed E-state index contributed by atoms with van der Waals surface area (Å²) in [6.07, 6.45) is 5.29. The molecular formula is C36H50N4O9. The largest absolute Gasteiger partial charge is 0.461 e. The summed E-state index contributed by atoms with van der Waals surface area (Å²) in [7, 11) is 1.79. The van der Waals surface area contributed by atoms with Gasteiger partial charge in [0.2, 0.25) is 17.6 Å². The van der Waals surface area contributed by atoms with Crippen molar-refractivity contribution in [3.8, 4) is 0 Å². The van der Waals surface area contributed by atoms with Crippen LogP contribution in [-0.2, 0) is 46.9 Å². The lowest BCUT2D eigenvalue weighted by molar-refractivity contribution is -0.371. The summed E-state index contributed by atoms with van der Waals surface area (Å²) >= 11 is 0. The zero-order valence-corrected chi connectivity index (χ0v) is 29.1. The predicted molar refractivity (Wildman–Crippen MR) is 173 cm³/mol. The van der Waals surface area contributed by atoms with Gasteiger partial charge in [-0.1, -0.05) is 25.5 Å². The number of aliphatic hydroxyl groups excluding tert-OH is 2. The van der Waals surface area contributed by atoms with Crippen molar-refractivity contribution in [3.63, 3.8) is 0 Å². The second-order valence-corrected chi connectivity index (χ2v) is 15.9. The summed E-state index contributed by atoms with van der Waals surface area (Å²) in [5.41, 5.74) is 1.07. The van der Waals surface area contributed by atoms with Gasteiger partial charge in [0.1, 0.15) is 18.1 Å². The third-order valence-corrected chi connectivity index (χ3v) is 13.2. The van der Waals surface area contributed by atoms with Gasteiger partial charge in [-0.25, -0.2) is 9.78 Å². The molecule has 268 valence electrons. The molecule has 3 aliphatic heterocycles. The summed E-state index contributed by atoms with van der Waals surface area (Å²) in [4.78, 5) is 57.5. The Balaban J connectivity index is 1.27. The molecule has 3 bridgehead atoms. The number of imidazole rings is 1. The molecule has 1 aromatic rings. The zero-order valence-electron chi connectivity index (χ0n) is 29.1. The first-order valence-corrected chi connectivity index (χ1v) is 17.8. The van der Waals surface area contributed by atoms with Crippen molar-refractivity contribution in [2.75, 3.05) is 6.54 Å². The molecule has 0 aromatic carbocycles. The highest BCUT2D eigenvalue weighted by Gasteiger charge is 2.76. The number of esters is 2. The standard InChI is InChI=1S/C36H50N4O9/c1-16-11-22-28(32(44)17(2)31(22)43)27-21(16)13-23-29(27)30-34(46)47-25-7-9-35(23,5)49-36(30,18(25)3)48-33(45)24(12-20-14-37-15-40(20)6)39-26(42)8-10-38-19(4)41/h11,14-15,17-18,21-25,27-32,43-44H,7-10,12-13H2,1-6H3,(H,38,41)(H,39,42). The number of hydrogen-bond acceptors (Lipinski definition) is 10. The van der Waals surface area contributed by atoms with E-state index in [1.807, 2.05) is 13.8 Å². The van der Waals surface area contributed by atoms with Crippen LogP contribution in [0.3, 0.4) is 0 Å². The van der Waals surface area contributed by atoms with Crippen molar-refractivity contribution in [1.82, 2.24) is 20.2 Å². The van der Waals surface area contributed by atoms with Gasteiger partial charge in [0.05, 0.1) is 30.1 Å². The van der Waals surface area contributed by atoms with Crippen molar-refractivity contribution in [2.24, 2.45) is 60.3 Å². The van der Waals surface area contributed by atoms with Gasteiger partial charge in [-0.3, -0.25) is 14.4 Å². The Hall–Kier alpha value is -3.29. The van der Waals surface area contributed by atoms with Gasteiger partial charge in [-0.05, 0) is 62.7 Å². The van der Waals surface area contributed by atoms with Gasteiger partial charge in [0.15, 0.2) is 0 Å². The van der Waals surface area contributed by atoms with Gasteiger partial charge in [0, 0.05) is 57.1 Å². The summed E-state index contributed by atoms with van der Waals surface area (Å²) < 4.78 is 21.6. The molecule has 6 aliphatic rings. The fourth-order valence-electron chi connectivity index (χ4n) is 10.8. The molecule has 4 N–H and O–H groups in total. The van der Waals surface area contributed by atoms with Gasteiger partial charge >= 0.3 is 11.9 Å². The minimum absolute atomic E-state index is 0.0449. The molecule has 5 fully saturated rings. The molecule has 0 radical (unpaired) electrons. The quantitative estimate of drug-likeness (QED) is 0.232. The minimum atomic E-state index is -1.68. The van der Waals surface area contributed by atoms with Gasteiger partial charge in [-0.2, -0.15) is 0 Å². The second kappa shape index (κ2) is 12.2. The molecule has 3 aliphatic carbocycles. The van der Waals surface area contributed by atoms with E-state index < -0.39 is 65.4 Å². The molecule has 7 rings (SSSR count). The van der Waals surface area contributed by atoms with E-state index in [9.17, 15) is 29.4 Å². The fraction of sp³-hybridized carbons (Fsp3) is 0.750. The topological polar surface area (TPSA) is 178 Å². The monoisotopic (exact) mass is 682 g/mol. The third kappa shape index (κ3) is 5.33. The van der Waals surface area contributed by atoms with Crippen molar-refractivity contribution in [1.29, 1.82) is 0 Å². The molecule has 15 unspecified atom stereocenters. The van der Waals surface area contributed by atoms with Crippen LogP contribution in [0.5, 0.6) is 0 Å². The zero-order chi connectivity index (χ0) is 35.2. The van der Waals surface area contributed by atoms with Crippen LogP contribution in [0.2, 0.25) is 0 Å². The molecule has 13 heteroatoms. The number of ether oxygens (including phenoxy) is 3. The lowest BCUT2D eigenvalue weighted by Gasteiger charge is -2.58. The van der Waals surface area contributed by atoms with Crippen LogP contribution in [0.4, 0.5) is 0 Å². The highest BCUT2D eigenvalue weighted by atomic mass is 16.7. The number of rotatable bonds is 8. The lowest BCUT2D eigenvalue weighted by Crippen LogP contribution is -2.70. The minimum Gasteiger partial charge on any atom is -0.461 e. The maximum absolute atomic E-state index is 14.5. The highest BCUT2D eigenvalue weighted by Crippen LogP contribution is 2.69. The van der Waals surface area contributed by atoms with E-state index in [0.717, 1.165) is 12.0 Å². The first kappa shape index (κ1) is 34.2. The summed E-state index contributed by atoms with van der Waals surface area (Å²) in [5.74, 6) is -6.42. The maximum atomic E-state index is 14.5. The molecule has 2 saturated carbocycles. The van der Waals surface area contributed by atoms with E-state index in [-0.39, 0.29) is 66.7 Å². The highest BCUT2D eigenvalue weighted by molar-refractivity contribution is 5.86. The Bertz CT molecular complexity index is 1560. The number of amides is 2. The van der Waals surface area contributed by atoms with Crippen LogP contribution in [-0.4, -0.2) is 85.8 Å². The molecular weight excluding hydrogens is 632 g/mol. The lowest BCUT2D eigenvalue weighted by atomic mass is 9.59. The average molecular weight is 683 g/mol. The number of nitrogens with one attached hydrogen (secondary N) is 2. The van der Waals surface area contributed by atoms with Crippen molar-refractivity contribution in [3.05, 3.63) is 29.9 Å². The number of fused-ring (bicyclic) bond motifs is 9. The van der Waals surface area contributed by atoms with E-state index >= 15 is 0 Å². The molecule has 49 heavy (non-hydrogen) atoms. The van der Waals surface area contributed by atoms with Crippen molar-refractivity contribution < 1.29 is 43.6 Å². The van der Waals surface area contributed by atoms with Crippen molar-refractivity contribution >= 4 is 23.8 Å². The number of aryl methyl sites for hydroxylation is 1. The molecule has 1 aromatic heterocycles. The Kier molecular flexibility index (Phi) is 8.50. The van der Waals surface area contributed by atoms with Gasteiger partial charge < -0.3 is 39.6 Å². The van der Waals surface area contributed by atoms with Crippen LogP contribution >= 0.6 is 0 Å². The normalized spacial score (nSPS) is 43.7. The number of hydrogen-bond donors (Lipinski definition) is 4. The maximum Gasteiger partial charge on any atom is 0.331 e. The Morgan fingerprint density at radius 2 is 1.94 bits per heavy atom. The molecule has 4 heterocycles. The van der Waals surface area contributed by atoms with Crippen molar-refractivity contribution in [2.45, 2.75) is 102 Å². The molecule has 15 atom stereocenters. The molecule has 0 spiro atoms. The Morgan fingerprint density at radius 1 is 1.18 bits per heavy atom. The van der Waals surface area contributed by atoms with E-state index in [1.165, 1.54) is 6.92 Å². The summed E-state index contributed by atoms with van der Waals surface area (Å²) in [6.45, 7) is 9.39. The SMILES string of the molecule is CC(=O)NCCC(=O)NC(Cc1cncn1C)C(=O)OC12OC3(C)CCC(OC(=O)C1C1C4C(CC13)C(C)=CC1C(O)C(C)C(O)C14)C2C. The van der Waals surface area contributed by atoms with E-state index in [0.29, 0.717) is 18.5 Å². The Labute approximate surface area is 286 Å². The first-order chi connectivity index (χ1) is 23.2. The number of allylic oxidation sites excluding steroid dienone is 1. The summed E-state index contributed by atoms with van der Waals surface area (Å²) in [5, 5.41) is 28.3. The van der Waals surface area contributed by atoms with E-state index in [2.05, 4.69) is 35.5 Å². The number of aromatic nitrogens is 2. The Morgan fingerprint density at radius 3 is 2.63 bits per heavy atom. The van der Waals surface area contributed by atoms with Gasteiger partial charge in [-0.15, -0.1) is 0 Å². The molecule has 3 saturated heterocycles. The number of carbonyl (C=O) groups excluding carboxylic acids is 4. The average Bonchev–Trinajstić information content (AvgIpc) is 3.69. The van der Waals surface area contributed by atoms with E-state index in [1.54, 1.807) is 24.1 Å². The van der Waals surface area contributed by atoms with E-state index in [4.69, 9.17) is 14.2 Å². The van der Waals surface area contributed by atoms with Gasteiger partial charge in [0.25, 0.3) is 0 Å². The van der Waals surface area contributed by atoms with Crippen LogP contribution in [0.25, 0.3) is 0 Å². The van der Waals surface area contributed by atoms with Crippen LogP contribution < -0.4 is 10.6 Å².